The lowest BCUT2D eigenvalue weighted by Gasteiger charge is -2.01. The van der Waals surface area contributed by atoms with Gasteiger partial charge in [0.15, 0.2) is 0 Å². The Labute approximate surface area is 120 Å². The fourth-order valence-corrected chi connectivity index (χ4v) is 1.84. The van der Waals surface area contributed by atoms with Gasteiger partial charge >= 0.3 is 0 Å². The van der Waals surface area contributed by atoms with Gasteiger partial charge in [-0.1, -0.05) is 0 Å². The third-order valence-electron chi connectivity index (χ3n) is 2.96. The van der Waals surface area contributed by atoms with Gasteiger partial charge in [-0.2, -0.15) is 5.26 Å². The van der Waals surface area contributed by atoms with Crippen LogP contribution in [0.5, 0.6) is 0 Å². The van der Waals surface area contributed by atoms with Crippen molar-refractivity contribution in [2.45, 2.75) is 0 Å². The molecule has 21 heavy (non-hydrogen) atoms. The number of hydrogen-bond donors (Lipinski definition) is 0. The van der Waals surface area contributed by atoms with E-state index in [4.69, 9.17) is 5.26 Å². The van der Waals surface area contributed by atoms with E-state index in [1.807, 2.05) is 6.07 Å². The number of nitriles is 1. The number of aryl methyl sites for hydroxylation is 1. The van der Waals surface area contributed by atoms with Crippen LogP contribution in [-0.4, -0.2) is 15.3 Å². The quantitative estimate of drug-likeness (QED) is 0.283. The first-order chi connectivity index (χ1) is 10.0. The summed E-state index contributed by atoms with van der Waals surface area (Å²) in [5.41, 5.74) is 0.898. The van der Waals surface area contributed by atoms with Crippen LogP contribution in [0.25, 0.3) is 6.08 Å². The van der Waals surface area contributed by atoms with Gasteiger partial charge < -0.3 is 4.57 Å². The van der Waals surface area contributed by atoms with Crippen molar-refractivity contribution in [2.24, 2.45) is 7.05 Å². The van der Waals surface area contributed by atoms with Gasteiger partial charge in [0.1, 0.15) is 11.6 Å². The van der Waals surface area contributed by atoms with E-state index in [0.717, 1.165) is 0 Å². The van der Waals surface area contributed by atoms with Crippen LogP contribution in [0.2, 0.25) is 0 Å². The number of allylic oxidation sites excluding steroid dienone is 1. The zero-order valence-electron chi connectivity index (χ0n) is 11.2. The van der Waals surface area contributed by atoms with Crippen molar-refractivity contribution in [3.05, 3.63) is 69.5 Å². The lowest BCUT2D eigenvalue weighted by molar-refractivity contribution is -0.384. The highest BCUT2D eigenvalue weighted by molar-refractivity contribution is 6.13. The summed E-state index contributed by atoms with van der Waals surface area (Å²) in [6, 6.07) is 10.9. The summed E-state index contributed by atoms with van der Waals surface area (Å²) >= 11 is 0. The molecule has 2 aromatic rings. The Hall–Kier alpha value is -3.20. The number of ketones is 1. The molecule has 1 aromatic carbocycles. The number of nitrogens with zero attached hydrogens (tertiary/aromatic N) is 3. The molecule has 0 saturated carbocycles. The molecule has 6 nitrogen and oxygen atoms in total. The molecule has 0 spiro atoms. The van der Waals surface area contributed by atoms with Crippen LogP contribution in [-0.2, 0) is 7.05 Å². The maximum Gasteiger partial charge on any atom is 0.269 e. The number of Topliss-reactive ketones (excluding diaryl/α,β-unsaturated/α-hetero) is 1. The Morgan fingerprint density at radius 2 is 2.00 bits per heavy atom. The second-order valence-corrected chi connectivity index (χ2v) is 4.35. The molecular formula is C15H11N3O3. The van der Waals surface area contributed by atoms with Gasteiger partial charge in [-0.3, -0.25) is 14.9 Å². The van der Waals surface area contributed by atoms with Gasteiger partial charge in [0, 0.05) is 25.4 Å². The van der Waals surface area contributed by atoms with Crippen molar-refractivity contribution in [2.75, 3.05) is 0 Å². The number of carbonyl (C=O) groups excluding carboxylic acids is 1. The largest absolute Gasteiger partial charge is 0.348 e. The Bertz CT molecular complexity index is 764. The summed E-state index contributed by atoms with van der Waals surface area (Å²) in [6.07, 6.45) is 3.13. The molecule has 0 N–H and O–H groups in total. The predicted octanol–water partition coefficient (Wildman–Crippen LogP) is 2.72. The number of non-ortho nitro benzene ring substituents is 1. The maximum absolute atomic E-state index is 12.2. The second kappa shape index (κ2) is 5.84. The number of nitro groups is 1. The van der Waals surface area contributed by atoms with Crippen molar-refractivity contribution >= 4 is 17.5 Å². The molecule has 0 fully saturated rings. The van der Waals surface area contributed by atoms with Crippen LogP contribution in [0, 0.1) is 21.4 Å². The van der Waals surface area contributed by atoms with Crippen LogP contribution in [0.3, 0.4) is 0 Å². The van der Waals surface area contributed by atoms with E-state index in [0.29, 0.717) is 11.3 Å². The van der Waals surface area contributed by atoms with Crippen LogP contribution < -0.4 is 0 Å². The van der Waals surface area contributed by atoms with Gasteiger partial charge in [0.2, 0.25) is 5.78 Å². The normalized spacial score (nSPS) is 11.0. The van der Waals surface area contributed by atoms with Gasteiger partial charge in [-0.15, -0.1) is 0 Å². The number of nitro benzene ring substituents is 1. The molecule has 0 bridgehead atoms. The van der Waals surface area contributed by atoms with Gasteiger partial charge in [-0.05, 0) is 35.9 Å². The van der Waals surface area contributed by atoms with Crippen molar-refractivity contribution in [3.8, 4) is 6.07 Å². The van der Waals surface area contributed by atoms with Gasteiger partial charge in [0.05, 0.1) is 10.6 Å². The first-order valence-electron chi connectivity index (χ1n) is 6.05. The number of rotatable bonds is 4. The Morgan fingerprint density at radius 3 is 2.48 bits per heavy atom. The molecule has 1 heterocycles. The minimum Gasteiger partial charge on any atom is -0.348 e. The molecule has 0 aliphatic heterocycles. The first kappa shape index (κ1) is 14.2. The summed E-state index contributed by atoms with van der Waals surface area (Å²) in [5.74, 6) is -0.386. The van der Waals surface area contributed by atoms with Crippen molar-refractivity contribution in [1.29, 1.82) is 5.26 Å². The van der Waals surface area contributed by atoms with E-state index in [1.165, 1.54) is 30.3 Å². The third-order valence-corrected chi connectivity index (χ3v) is 2.96. The van der Waals surface area contributed by atoms with E-state index in [1.54, 1.807) is 29.9 Å². The summed E-state index contributed by atoms with van der Waals surface area (Å²) in [7, 11) is 1.72. The highest BCUT2D eigenvalue weighted by atomic mass is 16.6. The SMILES string of the molecule is Cn1cccc1C(=O)/C(C#N)=C/c1ccc([N+](=O)[O-])cc1. The number of benzene rings is 1. The Balaban J connectivity index is 2.33. The van der Waals surface area contributed by atoms with Crippen molar-refractivity contribution in [3.63, 3.8) is 0 Å². The highest BCUT2D eigenvalue weighted by Gasteiger charge is 2.14. The minimum atomic E-state index is -0.506. The van der Waals surface area contributed by atoms with Crippen LogP contribution in [0.15, 0.2) is 48.2 Å². The van der Waals surface area contributed by atoms with E-state index in [-0.39, 0.29) is 17.0 Å². The molecule has 0 atom stereocenters. The summed E-state index contributed by atoms with van der Waals surface area (Å²) < 4.78 is 1.63. The Morgan fingerprint density at radius 1 is 1.33 bits per heavy atom. The maximum atomic E-state index is 12.2. The van der Waals surface area contributed by atoms with Crippen LogP contribution in [0.1, 0.15) is 16.1 Å². The summed E-state index contributed by atoms with van der Waals surface area (Å²) in [6.45, 7) is 0. The fourth-order valence-electron chi connectivity index (χ4n) is 1.84. The smallest absolute Gasteiger partial charge is 0.269 e. The van der Waals surface area contributed by atoms with Crippen molar-refractivity contribution < 1.29 is 9.72 Å². The van der Waals surface area contributed by atoms with Gasteiger partial charge in [-0.25, -0.2) is 0 Å². The predicted molar refractivity (Wildman–Crippen MR) is 76.4 cm³/mol. The summed E-state index contributed by atoms with van der Waals surface area (Å²) in [5, 5.41) is 19.7. The van der Waals surface area contributed by atoms with E-state index >= 15 is 0 Å². The molecular weight excluding hydrogens is 270 g/mol. The van der Waals surface area contributed by atoms with E-state index in [9.17, 15) is 14.9 Å². The van der Waals surface area contributed by atoms with Crippen LogP contribution >= 0.6 is 0 Å². The molecule has 2 rings (SSSR count). The molecule has 104 valence electrons. The molecule has 0 aliphatic carbocycles. The standard InChI is InChI=1S/C15H11N3O3/c1-17-8-2-3-14(17)15(19)12(10-16)9-11-4-6-13(7-5-11)18(20)21/h2-9H,1H3/b12-9+. The minimum absolute atomic E-state index is 0.0225. The van der Waals surface area contributed by atoms with Gasteiger partial charge in [0.25, 0.3) is 5.69 Å². The lowest BCUT2D eigenvalue weighted by Crippen LogP contribution is -2.07. The Kier molecular flexibility index (Phi) is 3.95. The molecule has 0 aliphatic rings. The number of aromatic nitrogens is 1. The molecule has 0 unspecified atom stereocenters. The lowest BCUT2D eigenvalue weighted by atomic mass is 10.1. The second-order valence-electron chi connectivity index (χ2n) is 4.35. The highest BCUT2D eigenvalue weighted by Crippen LogP contribution is 2.16. The molecule has 0 radical (unpaired) electrons. The zero-order chi connectivity index (χ0) is 15.4. The molecule has 0 amide bonds. The van der Waals surface area contributed by atoms with Crippen LogP contribution in [0.4, 0.5) is 5.69 Å². The fraction of sp³-hybridized carbons (Fsp3) is 0.0667. The average molecular weight is 281 g/mol. The zero-order valence-corrected chi connectivity index (χ0v) is 11.2. The average Bonchev–Trinajstić information content (AvgIpc) is 2.90. The third kappa shape index (κ3) is 3.04. The number of hydrogen-bond acceptors (Lipinski definition) is 4. The molecule has 6 heteroatoms. The number of carbonyl (C=O) groups is 1. The summed E-state index contributed by atoms with van der Waals surface area (Å²) in [4.78, 5) is 22.3. The first-order valence-corrected chi connectivity index (χ1v) is 6.05. The monoisotopic (exact) mass is 281 g/mol. The molecule has 1 aromatic heterocycles. The van der Waals surface area contributed by atoms with E-state index < -0.39 is 4.92 Å². The van der Waals surface area contributed by atoms with E-state index in [2.05, 4.69) is 0 Å². The van der Waals surface area contributed by atoms with Crippen molar-refractivity contribution in [1.82, 2.24) is 4.57 Å². The molecule has 0 saturated heterocycles. The topological polar surface area (TPSA) is 88.9 Å².